The van der Waals surface area contributed by atoms with Gasteiger partial charge in [-0.2, -0.15) is 0 Å². The van der Waals surface area contributed by atoms with E-state index in [-0.39, 0.29) is 12.1 Å². The molecule has 2 amide bonds. The lowest BCUT2D eigenvalue weighted by atomic mass is 10.0. The molecule has 4 rings (SSSR count). The fourth-order valence-corrected chi connectivity index (χ4v) is 4.50. The summed E-state index contributed by atoms with van der Waals surface area (Å²) in [4.78, 5) is 29.2. The molecule has 8 heteroatoms. The molecular weight excluding hydrogens is 384 g/mol. The van der Waals surface area contributed by atoms with Gasteiger partial charge >= 0.3 is 11.8 Å². The molecule has 2 N–H and O–H groups in total. The maximum absolute atomic E-state index is 12.4. The molecule has 0 saturated carbocycles. The first kappa shape index (κ1) is 21.1. The van der Waals surface area contributed by atoms with Gasteiger partial charge in [0.05, 0.1) is 25.4 Å². The SMILES string of the molecule is CN1CCc2cc([C@@H](CNC(=O)C(=O)NC[C@H]3CCCO3)N3CCOCC3)ccc21. The zero-order chi connectivity index (χ0) is 20.9. The van der Waals surface area contributed by atoms with Crippen molar-refractivity contribution in [2.75, 3.05) is 64.5 Å². The van der Waals surface area contributed by atoms with Crippen LogP contribution in [0.3, 0.4) is 0 Å². The number of amides is 2. The first-order chi connectivity index (χ1) is 14.6. The Morgan fingerprint density at radius 2 is 1.93 bits per heavy atom. The monoisotopic (exact) mass is 416 g/mol. The van der Waals surface area contributed by atoms with Crippen LogP contribution in [0.1, 0.15) is 30.0 Å². The predicted octanol–water partition coefficient (Wildman–Crippen LogP) is 0.464. The molecular formula is C22H32N4O4. The number of ether oxygens (including phenoxy) is 2. The number of carbonyl (C=O) groups is 2. The van der Waals surface area contributed by atoms with E-state index in [4.69, 9.17) is 9.47 Å². The van der Waals surface area contributed by atoms with Gasteiger partial charge in [0.1, 0.15) is 0 Å². The lowest BCUT2D eigenvalue weighted by Gasteiger charge is -2.35. The molecule has 30 heavy (non-hydrogen) atoms. The third-order valence-corrected chi connectivity index (χ3v) is 6.28. The van der Waals surface area contributed by atoms with Gasteiger partial charge in [-0.1, -0.05) is 12.1 Å². The van der Waals surface area contributed by atoms with Crippen LogP contribution in [0, 0.1) is 0 Å². The van der Waals surface area contributed by atoms with E-state index < -0.39 is 11.8 Å². The molecule has 3 aliphatic heterocycles. The highest BCUT2D eigenvalue weighted by molar-refractivity contribution is 6.35. The van der Waals surface area contributed by atoms with Crippen molar-refractivity contribution in [2.24, 2.45) is 0 Å². The molecule has 3 heterocycles. The number of hydrogen-bond donors (Lipinski definition) is 2. The normalized spacial score (nSPS) is 22.6. The fourth-order valence-electron chi connectivity index (χ4n) is 4.50. The Kier molecular flexibility index (Phi) is 6.86. The van der Waals surface area contributed by atoms with Gasteiger partial charge in [0.25, 0.3) is 0 Å². The molecule has 2 atom stereocenters. The third kappa shape index (κ3) is 4.94. The van der Waals surface area contributed by atoms with Crippen LogP contribution < -0.4 is 15.5 Å². The average molecular weight is 417 g/mol. The van der Waals surface area contributed by atoms with Crippen LogP contribution >= 0.6 is 0 Å². The van der Waals surface area contributed by atoms with Gasteiger partial charge in [-0.05, 0) is 36.5 Å². The van der Waals surface area contributed by atoms with Crippen LogP contribution in [-0.4, -0.2) is 82.4 Å². The summed E-state index contributed by atoms with van der Waals surface area (Å²) >= 11 is 0. The maximum Gasteiger partial charge on any atom is 0.309 e. The summed E-state index contributed by atoms with van der Waals surface area (Å²) in [6.45, 7) is 5.51. The number of nitrogens with zero attached hydrogens (tertiary/aromatic N) is 2. The molecule has 164 valence electrons. The summed E-state index contributed by atoms with van der Waals surface area (Å²) in [6.07, 6.45) is 2.99. The van der Waals surface area contributed by atoms with Crippen molar-refractivity contribution in [3.05, 3.63) is 29.3 Å². The molecule has 2 saturated heterocycles. The molecule has 0 unspecified atom stereocenters. The van der Waals surface area contributed by atoms with E-state index in [1.807, 2.05) is 0 Å². The van der Waals surface area contributed by atoms with Crippen LogP contribution in [0.4, 0.5) is 5.69 Å². The van der Waals surface area contributed by atoms with Crippen LogP contribution in [0.2, 0.25) is 0 Å². The summed E-state index contributed by atoms with van der Waals surface area (Å²) in [6, 6.07) is 6.58. The molecule has 0 bridgehead atoms. The van der Waals surface area contributed by atoms with Gasteiger partial charge in [-0.25, -0.2) is 0 Å². The number of hydrogen-bond acceptors (Lipinski definition) is 6. The van der Waals surface area contributed by atoms with E-state index >= 15 is 0 Å². The first-order valence-electron chi connectivity index (χ1n) is 10.9. The van der Waals surface area contributed by atoms with E-state index in [0.29, 0.717) is 26.3 Å². The van der Waals surface area contributed by atoms with Gasteiger partial charge < -0.3 is 25.0 Å². The molecule has 1 aromatic carbocycles. The Labute approximate surface area is 177 Å². The smallest absolute Gasteiger partial charge is 0.309 e. The van der Waals surface area contributed by atoms with Crippen molar-refractivity contribution in [2.45, 2.75) is 31.4 Å². The predicted molar refractivity (Wildman–Crippen MR) is 114 cm³/mol. The summed E-state index contributed by atoms with van der Waals surface area (Å²) < 4.78 is 11.0. The van der Waals surface area contributed by atoms with Crippen LogP contribution in [0.15, 0.2) is 18.2 Å². The second kappa shape index (κ2) is 9.76. The number of rotatable bonds is 6. The number of likely N-dealkylation sites (N-methyl/N-ethyl adjacent to an activating group) is 1. The quantitative estimate of drug-likeness (QED) is 0.656. The number of nitrogens with one attached hydrogen (secondary N) is 2. The first-order valence-corrected chi connectivity index (χ1v) is 10.9. The Morgan fingerprint density at radius 3 is 2.70 bits per heavy atom. The highest BCUT2D eigenvalue weighted by Gasteiger charge is 2.27. The highest BCUT2D eigenvalue weighted by Crippen LogP contribution is 2.31. The minimum absolute atomic E-state index is 0.0139. The molecule has 8 nitrogen and oxygen atoms in total. The second-order valence-corrected chi connectivity index (χ2v) is 8.28. The number of morpholine rings is 1. The van der Waals surface area contributed by atoms with Gasteiger partial charge in [-0.3, -0.25) is 14.5 Å². The van der Waals surface area contributed by atoms with Gasteiger partial charge in [0, 0.05) is 52.1 Å². The number of anilines is 1. The van der Waals surface area contributed by atoms with E-state index in [1.165, 1.54) is 16.8 Å². The van der Waals surface area contributed by atoms with Gasteiger partial charge in [-0.15, -0.1) is 0 Å². The zero-order valence-corrected chi connectivity index (χ0v) is 17.7. The van der Waals surface area contributed by atoms with Crippen LogP contribution in [0.5, 0.6) is 0 Å². The fraction of sp³-hybridized carbons (Fsp3) is 0.636. The second-order valence-electron chi connectivity index (χ2n) is 8.28. The van der Waals surface area contributed by atoms with E-state index in [1.54, 1.807) is 0 Å². The lowest BCUT2D eigenvalue weighted by Crippen LogP contribution is -2.47. The molecule has 0 spiro atoms. The Hall–Kier alpha value is -2.16. The molecule has 2 fully saturated rings. The largest absolute Gasteiger partial charge is 0.379 e. The Morgan fingerprint density at radius 1 is 1.13 bits per heavy atom. The summed E-state index contributed by atoms with van der Waals surface area (Å²) in [5, 5.41) is 5.54. The topological polar surface area (TPSA) is 83.1 Å². The highest BCUT2D eigenvalue weighted by atomic mass is 16.5. The third-order valence-electron chi connectivity index (χ3n) is 6.28. The molecule has 0 aliphatic carbocycles. The van der Waals surface area contributed by atoms with Gasteiger partial charge in [0.2, 0.25) is 0 Å². The van der Waals surface area contributed by atoms with Crippen molar-refractivity contribution >= 4 is 17.5 Å². The van der Waals surface area contributed by atoms with E-state index in [2.05, 4.69) is 45.7 Å². The maximum atomic E-state index is 12.4. The molecule has 0 aromatic heterocycles. The summed E-state index contributed by atoms with van der Waals surface area (Å²) in [5.74, 6) is -1.19. The van der Waals surface area contributed by atoms with E-state index in [9.17, 15) is 9.59 Å². The summed E-state index contributed by atoms with van der Waals surface area (Å²) in [7, 11) is 2.11. The molecule has 0 radical (unpaired) electrons. The standard InChI is InChI=1S/C22H32N4O4/c1-25-7-6-17-13-16(4-5-19(17)25)20(26-8-11-29-12-9-26)15-24-22(28)21(27)23-14-18-3-2-10-30-18/h4-5,13,18,20H,2-3,6-12,14-15H2,1H3,(H,23,27)(H,24,28)/t18-,20-/m1/s1. The van der Waals surface area contributed by atoms with Crippen LogP contribution in [0.25, 0.3) is 0 Å². The average Bonchev–Trinajstić information content (AvgIpc) is 3.42. The van der Waals surface area contributed by atoms with Crippen molar-refractivity contribution < 1.29 is 19.1 Å². The zero-order valence-electron chi connectivity index (χ0n) is 17.7. The van der Waals surface area contributed by atoms with Crippen molar-refractivity contribution in [1.82, 2.24) is 15.5 Å². The Bertz CT molecular complexity index is 760. The van der Waals surface area contributed by atoms with Crippen molar-refractivity contribution in [3.8, 4) is 0 Å². The minimum Gasteiger partial charge on any atom is -0.379 e. The number of carbonyl (C=O) groups excluding carboxylic acids is 2. The summed E-state index contributed by atoms with van der Waals surface area (Å²) in [5.41, 5.74) is 3.79. The van der Waals surface area contributed by atoms with Crippen LogP contribution in [-0.2, 0) is 25.5 Å². The van der Waals surface area contributed by atoms with Gasteiger partial charge in [0.15, 0.2) is 0 Å². The minimum atomic E-state index is -0.596. The molecule has 1 aromatic rings. The van der Waals surface area contributed by atoms with E-state index in [0.717, 1.165) is 45.5 Å². The number of fused-ring (bicyclic) bond motifs is 1. The lowest BCUT2D eigenvalue weighted by molar-refractivity contribution is -0.139. The van der Waals surface area contributed by atoms with Crippen molar-refractivity contribution in [3.63, 3.8) is 0 Å². The van der Waals surface area contributed by atoms with Crippen molar-refractivity contribution in [1.29, 1.82) is 0 Å². The Balaban J connectivity index is 1.39. The number of benzene rings is 1. The molecule has 3 aliphatic rings.